The van der Waals surface area contributed by atoms with Crippen molar-refractivity contribution in [1.29, 1.82) is 5.26 Å². The summed E-state index contributed by atoms with van der Waals surface area (Å²) in [6, 6.07) is 66.8. The monoisotopic (exact) mass is 779 g/mol. The topological polar surface area (TPSA) is 58.9 Å². The first-order chi connectivity index (χ1) is 29.9. The van der Waals surface area contributed by atoms with Gasteiger partial charge >= 0.3 is 0 Å². The largest absolute Gasteiger partial charge is 0.308 e. The molecule has 10 rings (SSSR count). The summed E-state index contributed by atoms with van der Waals surface area (Å²) in [5.41, 5.74) is 17.4. The molecule has 0 amide bonds. The number of rotatable bonds is 7. The zero-order valence-electron chi connectivity index (χ0n) is 33.6. The molecule has 0 saturated heterocycles. The summed E-state index contributed by atoms with van der Waals surface area (Å²) in [6.07, 6.45) is 0. The molecule has 0 unspecified atom stereocenters. The highest BCUT2D eigenvalue weighted by Crippen LogP contribution is 2.45. The summed E-state index contributed by atoms with van der Waals surface area (Å²) in [5, 5.41) is 12.1. The Bertz CT molecular complexity index is 3230. The molecule has 0 aliphatic rings. The highest BCUT2D eigenvalue weighted by molar-refractivity contribution is 6.12. The lowest BCUT2D eigenvalue weighted by Crippen LogP contribution is -2.03. The van der Waals surface area contributed by atoms with E-state index in [0.717, 1.165) is 83.4 Å². The van der Waals surface area contributed by atoms with Gasteiger partial charge in [-0.2, -0.15) is 5.26 Å². The molecule has 5 heteroatoms. The number of hydrogen-bond acceptors (Lipinski definition) is 3. The number of fused-ring (bicyclic) bond motifs is 3. The van der Waals surface area contributed by atoms with Crippen LogP contribution >= 0.6 is 0 Å². The molecule has 10 aromatic rings. The van der Waals surface area contributed by atoms with Crippen LogP contribution in [0.3, 0.4) is 0 Å². The van der Waals surface area contributed by atoms with E-state index >= 15 is 0 Å². The number of benzene rings is 8. The maximum absolute atomic E-state index is 9.85. The molecular weight excluding hydrogens is 743 g/mol. The van der Waals surface area contributed by atoms with Crippen LogP contribution in [0.15, 0.2) is 188 Å². The lowest BCUT2D eigenvalue weighted by Gasteiger charge is -2.21. The van der Waals surface area contributed by atoms with Crippen molar-refractivity contribution in [3.8, 4) is 79.0 Å². The van der Waals surface area contributed by atoms with Gasteiger partial charge < -0.3 is 4.57 Å². The summed E-state index contributed by atoms with van der Waals surface area (Å²) in [7, 11) is 0. The van der Waals surface area contributed by atoms with Gasteiger partial charge in [0, 0.05) is 38.6 Å². The summed E-state index contributed by atoms with van der Waals surface area (Å²) >= 11 is 0. The Hall–Kier alpha value is -8.38. The number of nitriles is 1. The Morgan fingerprint density at radius 1 is 0.492 bits per heavy atom. The van der Waals surface area contributed by atoms with Gasteiger partial charge in [-0.1, -0.05) is 145 Å². The maximum Gasteiger partial charge on any atom is 0.187 e. The van der Waals surface area contributed by atoms with Gasteiger partial charge in [-0.15, -0.1) is 0 Å². The fourth-order valence-electron chi connectivity index (χ4n) is 8.49. The maximum atomic E-state index is 9.85. The molecule has 0 radical (unpaired) electrons. The van der Waals surface area contributed by atoms with Gasteiger partial charge in [0.1, 0.15) is 0 Å². The van der Waals surface area contributed by atoms with Crippen molar-refractivity contribution in [2.24, 2.45) is 0 Å². The first kappa shape index (κ1) is 36.9. The number of nitrogens with zero attached hydrogens (tertiary/aromatic N) is 5. The molecule has 2 aromatic heterocycles. The van der Waals surface area contributed by atoms with Crippen molar-refractivity contribution >= 4 is 27.5 Å². The summed E-state index contributed by atoms with van der Waals surface area (Å²) in [6.45, 7) is 12.1. The van der Waals surface area contributed by atoms with Gasteiger partial charge in [0.2, 0.25) is 0 Å². The molecule has 5 nitrogen and oxygen atoms in total. The van der Waals surface area contributed by atoms with E-state index in [9.17, 15) is 5.26 Å². The number of aryl methyl sites for hydroxylation is 2. The second-order valence-electron chi connectivity index (χ2n) is 15.4. The van der Waals surface area contributed by atoms with E-state index in [1.165, 1.54) is 16.7 Å². The van der Waals surface area contributed by atoms with E-state index in [1.54, 1.807) is 0 Å². The molecule has 0 fully saturated rings. The SMILES string of the molecule is [C-]#[N+]c1ccc(-c2cc(-c3cc(-c4ccccc4)nc(-c4ccccc4)n3)cc(-c3ccc(C#N)cc3)c2-n2c3ccccc3c3cc(-c4ccc(C)cc4C)ccc32)cc1. The number of aromatic nitrogens is 3. The van der Waals surface area contributed by atoms with E-state index in [1.807, 2.05) is 97.1 Å². The molecule has 0 atom stereocenters. The Labute approximate surface area is 355 Å². The minimum absolute atomic E-state index is 0.570. The average molecular weight is 780 g/mol. The van der Waals surface area contributed by atoms with E-state index in [0.29, 0.717) is 17.1 Å². The van der Waals surface area contributed by atoms with Gasteiger partial charge in [-0.05, 0) is 90.2 Å². The van der Waals surface area contributed by atoms with E-state index in [-0.39, 0.29) is 0 Å². The van der Waals surface area contributed by atoms with Crippen molar-refractivity contribution in [3.05, 3.63) is 216 Å². The second kappa shape index (κ2) is 15.4. The second-order valence-corrected chi connectivity index (χ2v) is 15.4. The van der Waals surface area contributed by atoms with Crippen LogP contribution in [0.4, 0.5) is 5.69 Å². The Morgan fingerprint density at radius 2 is 1.08 bits per heavy atom. The van der Waals surface area contributed by atoms with E-state index < -0.39 is 0 Å². The van der Waals surface area contributed by atoms with Crippen LogP contribution in [0.5, 0.6) is 0 Å². The van der Waals surface area contributed by atoms with Crippen molar-refractivity contribution in [1.82, 2.24) is 14.5 Å². The highest BCUT2D eigenvalue weighted by Gasteiger charge is 2.23. The third-order valence-corrected chi connectivity index (χ3v) is 11.5. The molecular formula is C56H37N5. The first-order valence-electron chi connectivity index (χ1n) is 20.2. The van der Waals surface area contributed by atoms with Crippen molar-refractivity contribution < 1.29 is 0 Å². The Morgan fingerprint density at radius 3 is 1.74 bits per heavy atom. The van der Waals surface area contributed by atoms with E-state index in [4.69, 9.17) is 16.5 Å². The van der Waals surface area contributed by atoms with Crippen LogP contribution in [-0.2, 0) is 0 Å². The van der Waals surface area contributed by atoms with Gasteiger partial charge in [-0.25, -0.2) is 14.8 Å². The van der Waals surface area contributed by atoms with Gasteiger partial charge in [-0.3, -0.25) is 0 Å². The fourth-order valence-corrected chi connectivity index (χ4v) is 8.49. The minimum atomic E-state index is 0.570. The summed E-state index contributed by atoms with van der Waals surface area (Å²) in [5.74, 6) is 0.630. The highest BCUT2D eigenvalue weighted by atomic mass is 15.0. The average Bonchev–Trinajstić information content (AvgIpc) is 3.65. The fraction of sp³-hybridized carbons (Fsp3) is 0.0357. The van der Waals surface area contributed by atoms with Crippen LogP contribution in [0.1, 0.15) is 16.7 Å². The van der Waals surface area contributed by atoms with Crippen molar-refractivity contribution in [3.63, 3.8) is 0 Å². The van der Waals surface area contributed by atoms with E-state index in [2.05, 4.69) is 120 Å². The summed E-state index contributed by atoms with van der Waals surface area (Å²) < 4.78 is 2.39. The van der Waals surface area contributed by atoms with Crippen LogP contribution in [-0.4, -0.2) is 14.5 Å². The quantitative estimate of drug-likeness (QED) is 0.151. The molecule has 0 bridgehead atoms. The standard InChI is InChI=1S/C56H37N5/c1-36-18-28-46(37(2)30-36)43-25-29-54-50(31-43)47-16-10-11-17-53(47)61(54)55-48(39-21-19-38(35-57)20-22-39)32-44(33-49(55)40-23-26-45(58-3)27-24-40)52-34-51(41-12-6-4-7-13-41)59-56(60-52)42-14-8-5-9-15-42/h4-34H,1-2H3. The van der Waals surface area contributed by atoms with Crippen molar-refractivity contribution in [2.75, 3.05) is 0 Å². The zero-order valence-corrected chi connectivity index (χ0v) is 33.6. The molecule has 0 saturated carbocycles. The van der Waals surface area contributed by atoms with Gasteiger partial charge in [0.05, 0.1) is 46.3 Å². The molecule has 0 N–H and O–H groups in total. The molecule has 8 aromatic carbocycles. The summed E-state index contributed by atoms with van der Waals surface area (Å²) in [4.78, 5) is 14.1. The lowest BCUT2D eigenvalue weighted by molar-refractivity contribution is 1.17. The van der Waals surface area contributed by atoms with Gasteiger partial charge in [0.15, 0.2) is 11.5 Å². The van der Waals surface area contributed by atoms with Crippen molar-refractivity contribution in [2.45, 2.75) is 13.8 Å². The van der Waals surface area contributed by atoms with Crippen LogP contribution in [0.2, 0.25) is 0 Å². The minimum Gasteiger partial charge on any atom is -0.308 e. The zero-order chi connectivity index (χ0) is 41.5. The van der Waals surface area contributed by atoms with Crippen LogP contribution < -0.4 is 0 Å². The third-order valence-electron chi connectivity index (χ3n) is 11.5. The van der Waals surface area contributed by atoms with Crippen LogP contribution in [0.25, 0.3) is 99.6 Å². The molecule has 286 valence electrons. The molecule has 0 aliphatic heterocycles. The number of para-hydroxylation sites is 1. The smallest absolute Gasteiger partial charge is 0.187 e. The predicted octanol–water partition coefficient (Wildman–Crippen LogP) is 14.6. The number of hydrogen-bond donors (Lipinski definition) is 0. The predicted molar refractivity (Wildman–Crippen MR) is 249 cm³/mol. The first-order valence-corrected chi connectivity index (χ1v) is 20.2. The molecule has 2 heterocycles. The third kappa shape index (κ3) is 6.81. The van der Waals surface area contributed by atoms with Gasteiger partial charge in [0.25, 0.3) is 0 Å². The lowest BCUT2D eigenvalue weighted by atomic mass is 9.91. The molecule has 61 heavy (non-hydrogen) atoms. The molecule has 0 spiro atoms. The van der Waals surface area contributed by atoms with Crippen LogP contribution in [0, 0.1) is 31.8 Å². The normalized spacial score (nSPS) is 11.1. The Balaban J connectivity index is 1.31. The molecule has 0 aliphatic carbocycles. The Kier molecular flexibility index (Phi) is 9.33.